The Morgan fingerprint density at radius 1 is 1.00 bits per heavy atom. The van der Waals surface area contributed by atoms with Crippen molar-refractivity contribution in [3.05, 3.63) is 54.1 Å². The van der Waals surface area contributed by atoms with E-state index in [1.54, 1.807) is 38.3 Å². The molecule has 2 N–H and O–H groups in total. The summed E-state index contributed by atoms with van der Waals surface area (Å²) in [7, 11) is -1.93. The molecular formula is C18H22N2O5S. The van der Waals surface area contributed by atoms with Crippen LogP contribution in [0.2, 0.25) is 0 Å². The highest BCUT2D eigenvalue weighted by Gasteiger charge is 2.13. The SMILES string of the molecule is CCNS(=O)(=O)c1ccc(C(=O)Nc2ccc(OCCOC)cc2)cc1. The Morgan fingerprint density at radius 3 is 2.23 bits per heavy atom. The van der Waals surface area contributed by atoms with Crippen LogP contribution in [0.5, 0.6) is 5.75 Å². The van der Waals surface area contributed by atoms with Gasteiger partial charge >= 0.3 is 0 Å². The predicted octanol–water partition coefficient (Wildman–Crippen LogP) is 2.26. The second kappa shape index (κ2) is 9.33. The average Bonchev–Trinajstić information content (AvgIpc) is 2.63. The molecule has 2 aromatic rings. The van der Waals surface area contributed by atoms with Gasteiger partial charge in [0, 0.05) is 24.9 Å². The summed E-state index contributed by atoms with van der Waals surface area (Å²) in [5.41, 5.74) is 0.972. The van der Waals surface area contributed by atoms with Gasteiger partial charge in [-0.05, 0) is 48.5 Å². The molecule has 0 atom stereocenters. The highest BCUT2D eigenvalue weighted by atomic mass is 32.2. The molecule has 0 aliphatic heterocycles. The maximum Gasteiger partial charge on any atom is 0.255 e. The summed E-state index contributed by atoms with van der Waals surface area (Å²) in [5, 5.41) is 2.75. The third kappa shape index (κ3) is 5.55. The van der Waals surface area contributed by atoms with Crippen molar-refractivity contribution in [2.45, 2.75) is 11.8 Å². The van der Waals surface area contributed by atoms with E-state index in [1.165, 1.54) is 24.3 Å². The summed E-state index contributed by atoms with van der Waals surface area (Å²) >= 11 is 0. The zero-order valence-corrected chi connectivity index (χ0v) is 15.5. The summed E-state index contributed by atoms with van der Waals surface area (Å²) < 4.78 is 36.6. The van der Waals surface area contributed by atoms with Crippen LogP contribution < -0.4 is 14.8 Å². The van der Waals surface area contributed by atoms with E-state index in [2.05, 4.69) is 10.0 Å². The fourth-order valence-electron chi connectivity index (χ4n) is 2.14. The van der Waals surface area contributed by atoms with E-state index < -0.39 is 10.0 Å². The predicted molar refractivity (Wildman–Crippen MR) is 99.1 cm³/mol. The molecule has 0 bridgehead atoms. The summed E-state index contributed by atoms with van der Waals surface area (Å²) in [5.74, 6) is 0.350. The molecule has 8 heteroatoms. The number of hydrogen-bond donors (Lipinski definition) is 2. The van der Waals surface area contributed by atoms with Gasteiger partial charge < -0.3 is 14.8 Å². The van der Waals surface area contributed by atoms with Crippen molar-refractivity contribution in [2.75, 3.05) is 32.2 Å². The number of carbonyl (C=O) groups excluding carboxylic acids is 1. The van der Waals surface area contributed by atoms with Gasteiger partial charge in [0.1, 0.15) is 12.4 Å². The van der Waals surface area contributed by atoms with Crippen molar-refractivity contribution in [1.82, 2.24) is 4.72 Å². The third-order valence-corrected chi connectivity index (χ3v) is 4.99. The molecule has 0 aliphatic carbocycles. The fourth-order valence-corrected chi connectivity index (χ4v) is 3.18. The van der Waals surface area contributed by atoms with Gasteiger partial charge in [-0.1, -0.05) is 6.92 Å². The van der Waals surface area contributed by atoms with Crippen LogP contribution in [0, 0.1) is 0 Å². The quantitative estimate of drug-likeness (QED) is 0.653. The Hall–Kier alpha value is -2.42. The van der Waals surface area contributed by atoms with Gasteiger partial charge in [0.25, 0.3) is 5.91 Å². The molecule has 0 spiro atoms. The van der Waals surface area contributed by atoms with Crippen LogP contribution in [0.1, 0.15) is 17.3 Å². The van der Waals surface area contributed by atoms with E-state index in [1.807, 2.05) is 0 Å². The zero-order chi connectivity index (χ0) is 19.0. The van der Waals surface area contributed by atoms with Crippen molar-refractivity contribution >= 4 is 21.6 Å². The molecule has 0 saturated heterocycles. The number of hydrogen-bond acceptors (Lipinski definition) is 5. The lowest BCUT2D eigenvalue weighted by Gasteiger charge is -2.09. The molecule has 0 unspecified atom stereocenters. The summed E-state index contributed by atoms with van der Waals surface area (Å²) in [6.07, 6.45) is 0. The second-order valence-corrected chi connectivity index (χ2v) is 7.11. The summed E-state index contributed by atoms with van der Waals surface area (Å²) in [6, 6.07) is 12.7. The number of amides is 1. The lowest BCUT2D eigenvalue weighted by molar-refractivity contribution is 0.102. The van der Waals surface area contributed by atoms with E-state index in [0.717, 1.165) is 0 Å². The summed E-state index contributed by atoms with van der Waals surface area (Å²) in [6.45, 7) is 2.95. The van der Waals surface area contributed by atoms with Gasteiger partial charge in [-0.15, -0.1) is 0 Å². The van der Waals surface area contributed by atoms with E-state index in [-0.39, 0.29) is 10.8 Å². The number of benzene rings is 2. The molecule has 0 aromatic heterocycles. The molecule has 0 fully saturated rings. The summed E-state index contributed by atoms with van der Waals surface area (Å²) in [4.78, 5) is 12.4. The number of anilines is 1. The maximum atomic E-state index is 12.3. The largest absolute Gasteiger partial charge is 0.491 e. The van der Waals surface area contributed by atoms with Crippen molar-refractivity contribution in [3.63, 3.8) is 0 Å². The van der Waals surface area contributed by atoms with Crippen LogP contribution in [0.4, 0.5) is 5.69 Å². The smallest absolute Gasteiger partial charge is 0.255 e. The normalized spacial score (nSPS) is 11.2. The number of methoxy groups -OCH3 is 1. The molecular weight excluding hydrogens is 356 g/mol. The van der Waals surface area contributed by atoms with E-state index >= 15 is 0 Å². The first-order valence-electron chi connectivity index (χ1n) is 8.09. The van der Waals surface area contributed by atoms with Gasteiger partial charge in [0.05, 0.1) is 11.5 Å². The first-order valence-corrected chi connectivity index (χ1v) is 9.57. The Balaban J connectivity index is 1.99. The molecule has 140 valence electrons. The van der Waals surface area contributed by atoms with Gasteiger partial charge in [0.15, 0.2) is 0 Å². The van der Waals surface area contributed by atoms with Crippen LogP contribution in [0.25, 0.3) is 0 Å². The molecule has 2 rings (SSSR count). The van der Waals surface area contributed by atoms with Crippen LogP contribution in [-0.2, 0) is 14.8 Å². The molecule has 1 amide bonds. The van der Waals surface area contributed by atoms with Crippen molar-refractivity contribution in [3.8, 4) is 5.75 Å². The lowest BCUT2D eigenvalue weighted by atomic mass is 10.2. The third-order valence-electron chi connectivity index (χ3n) is 3.43. The Kier molecular flexibility index (Phi) is 7.14. The minimum Gasteiger partial charge on any atom is -0.491 e. The second-order valence-electron chi connectivity index (χ2n) is 5.35. The topological polar surface area (TPSA) is 93.7 Å². The highest BCUT2D eigenvalue weighted by Crippen LogP contribution is 2.17. The van der Waals surface area contributed by atoms with Crippen LogP contribution in [-0.4, -0.2) is 41.2 Å². The van der Waals surface area contributed by atoms with Crippen molar-refractivity contribution in [1.29, 1.82) is 0 Å². The number of sulfonamides is 1. The maximum absolute atomic E-state index is 12.3. The lowest BCUT2D eigenvalue weighted by Crippen LogP contribution is -2.23. The van der Waals surface area contributed by atoms with Gasteiger partial charge in [0.2, 0.25) is 10.0 Å². The molecule has 0 radical (unpaired) electrons. The number of ether oxygens (including phenoxy) is 2. The van der Waals surface area contributed by atoms with Crippen LogP contribution in [0.3, 0.4) is 0 Å². The molecule has 7 nitrogen and oxygen atoms in total. The van der Waals surface area contributed by atoms with Crippen LogP contribution >= 0.6 is 0 Å². The van der Waals surface area contributed by atoms with Gasteiger partial charge in [-0.2, -0.15) is 0 Å². The fraction of sp³-hybridized carbons (Fsp3) is 0.278. The van der Waals surface area contributed by atoms with Gasteiger partial charge in [-0.3, -0.25) is 4.79 Å². The molecule has 0 heterocycles. The monoisotopic (exact) mass is 378 g/mol. The van der Waals surface area contributed by atoms with Gasteiger partial charge in [-0.25, -0.2) is 13.1 Å². The van der Waals surface area contributed by atoms with E-state index in [4.69, 9.17) is 9.47 Å². The van der Waals surface area contributed by atoms with Crippen LogP contribution in [0.15, 0.2) is 53.4 Å². The minimum absolute atomic E-state index is 0.119. The van der Waals surface area contributed by atoms with E-state index in [9.17, 15) is 13.2 Å². The Morgan fingerprint density at radius 2 is 1.65 bits per heavy atom. The Bertz CT molecular complexity index is 818. The minimum atomic E-state index is -3.53. The molecule has 2 aromatic carbocycles. The standard InChI is InChI=1S/C18H22N2O5S/c1-3-19-26(22,23)17-10-4-14(5-11-17)18(21)20-15-6-8-16(9-7-15)25-13-12-24-2/h4-11,19H,3,12-13H2,1-2H3,(H,20,21). The highest BCUT2D eigenvalue weighted by molar-refractivity contribution is 7.89. The van der Waals surface area contributed by atoms with E-state index in [0.29, 0.717) is 36.8 Å². The number of carbonyl (C=O) groups is 1. The first-order chi connectivity index (χ1) is 12.5. The molecule has 26 heavy (non-hydrogen) atoms. The van der Waals surface area contributed by atoms with Crippen molar-refractivity contribution in [2.24, 2.45) is 0 Å². The Labute approximate surface area is 153 Å². The average molecular weight is 378 g/mol. The molecule has 0 saturated carbocycles. The first kappa shape index (κ1) is 19.9. The number of nitrogens with one attached hydrogen (secondary N) is 2. The zero-order valence-electron chi connectivity index (χ0n) is 14.7. The van der Waals surface area contributed by atoms with Crippen molar-refractivity contribution < 1.29 is 22.7 Å². The number of rotatable bonds is 9. The molecule has 0 aliphatic rings.